The van der Waals surface area contributed by atoms with E-state index in [2.05, 4.69) is 15.5 Å². The summed E-state index contributed by atoms with van der Waals surface area (Å²) in [5, 5.41) is 11.7. The number of amides is 1. The van der Waals surface area contributed by atoms with Crippen LogP contribution in [-0.4, -0.2) is 26.4 Å². The summed E-state index contributed by atoms with van der Waals surface area (Å²) in [6.07, 6.45) is 0. The summed E-state index contributed by atoms with van der Waals surface area (Å²) < 4.78 is 21.3. The molecular weight excluding hydrogens is 391 g/mol. The van der Waals surface area contributed by atoms with Gasteiger partial charge in [0.15, 0.2) is 11.0 Å². The molecule has 1 N–H and O–H groups in total. The molecule has 152 valence electrons. The quantitative estimate of drug-likeness (QED) is 0.555. The summed E-state index contributed by atoms with van der Waals surface area (Å²) in [6, 6.07) is 12.4. The molecule has 29 heavy (non-hydrogen) atoms. The van der Waals surface area contributed by atoms with Gasteiger partial charge in [-0.05, 0) is 50.6 Å². The minimum absolute atomic E-state index is 0.145. The SMILES string of the molecule is CCn1c(COc2ccc(C)cc2)nnc1SCC(=O)Nc1ccc(C)c(F)c1. The highest BCUT2D eigenvalue weighted by molar-refractivity contribution is 7.99. The Morgan fingerprint density at radius 3 is 2.62 bits per heavy atom. The van der Waals surface area contributed by atoms with Crippen molar-refractivity contribution in [3.8, 4) is 5.75 Å². The maximum atomic E-state index is 13.6. The monoisotopic (exact) mass is 414 g/mol. The van der Waals surface area contributed by atoms with Gasteiger partial charge in [-0.2, -0.15) is 0 Å². The van der Waals surface area contributed by atoms with Crippen molar-refractivity contribution >= 4 is 23.4 Å². The third kappa shape index (κ3) is 5.57. The van der Waals surface area contributed by atoms with E-state index in [1.54, 1.807) is 19.1 Å². The number of aryl methyl sites for hydroxylation is 2. The highest BCUT2D eigenvalue weighted by Crippen LogP contribution is 2.20. The van der Waals surface area contributed by atoms with Crippen molar-refractivity contribution in [1.82, 2.24) is 14.8 Å². The third-order valence-electron chi connectivity index (χ3n) is 4.29. The fraction of sp³-hybridized carbons (Fsp3) is 0.286. The zero-order chi connectivity index (χ0) is 20.8. The van der Waals surface area contributed by atoms with Crippen LogP contribution >= 0.6 is 11.8 Å². The fourth-order valence-electron chi connectivity index (χ4n) is 2.63. The van der Waals surface area contributed by atoms with Crippen LogP contribution in [0.4, 0.5) is 10.1 Å². The van der Waals surface area contributed by atoms with E-state index in [1.807, 2.05) is 42.7 Å². The lowest BCUT2D eigenvalue weighted by atomic mass is 10.2. The number of halogens is 1. The summed E-state index contributed by atoms with van der Waals surface area (Å²) in [7, 11) is 0. The molecule has 0 bridgehead atoms. The molecule has 0 saturated carbocycles. The minimum Gasteiger partial charge on any atom is -0.486 e. The summed E-state index contributed by atoms with van der Waals surface area (Å²) in [5.41, 5.74) is 2.14. The molecule has 8 heteroatoms. The van der Waals surface area contributed by atoms with Crippen molar-refractivity contribution in [2.75, 3.05) is 11.1 Å². The van der Waals surface area contributed by atoms with Gasteiger partial charge in [-0.15, -0.1) is 10.2 Å². The Balaban J connectivity index is 1.57. The largest absolute Gasteiger partial charge is 0.486 e. The number of carbonyl (C=O) groups excluding carboxylic acids is 1. The van der Waals surface area contributed by atoms with Gasteiger partial charge in [-0.1, -0.05) is 35.5 Å². The number of thioether (sulfide) groups is 1. The Bertz CT molecular complexity index is 989. The highest BCUT2D eigenvalue weighted by atomic mass is 32.2. The number of nitrogens with zero attached hydrogens (tertiary/aromatic N) is 3. The maximum Gasteiger partial charge on any atom is 0.234 e. The van der Waals surface area contributed by atoms with Crippen LogP contribution in [0.5, 0.6) is 5.75 Å². The Hall–Kier alpha value is -2.87. The molecule has 0 spiro atoms. The number of ether oxygens (including phenoxy) is 1. The van der Waals surface area contributed by atoms with Crippen LogP contribution in [0.15, 0.2) is 47.6 Å². The summed E-state index contributed by atoms with van der Waals surface area (Å²) in [4.78, 5) is 12.2. The van der Waals surface area contributed by atoms with E-state index in [1.165, 1.54) is 23.4 Å². The van der Waals surface area contributed by atoms with E-state index in [-0.39, 0.29) is 17.5 Å². The van der Waals surface area contributed by atoms with Crippen LogP contribution in [0.25, 0.3) is 0 Å². The molecule has 1 aromatic heterocycles. The third-order valence-corrected chi connectivity index (χ3v) is 5.25. The normalized spacial score (nSPS) is 10.8. The van der Waals surface area contributed by atoms with Crippen molar-refractivity contribution < 1.29 is 13.9 Å². The highest BCUT2D eigenvalue weighted by Gasteiger charge is 2.14. The van der Waals surface area contributed by atoms with Crippen molar-refractivity contribution in [1.29, 1.82) is 0 Å². The molecule has 0 unspecified atom stereocenters. The molecule has 0 aliphatic rings. The van der Waals surface area contributed by atoms with Crippen LogP contribution in [0.3, 0.4) is 0 Å². The zero-order valence-electron chi connectivity index (χ0n) is 16.6. The van der Waals surface area contributed by atoms with E-state index in [0.29, 0.717) is 35.4 Å². The molecule has 3 aromatic rings. The molecule has 0 aliphatic heterocycles. The molecule has 0 aliphatic carbocycles. The number of anilines is 1. The summed E-state index contributed by atoms with van der Waals surface area (Å²) in [6.45, 7) is 6.63. The Labute approximate surface area is 173 Å². The average Bonchev–Trinajstić information content (AvgIpc) is 3.10. The summed E-state index contributed by atoms with van der Waals surface area (Å²) >= 11 is 1.28. The number of aromatic nitrogens is 3. The molecule has 0 fully saturated rings. The molecular formula is C21H23FN4O2S. The van der Waals surface area contributed by atoms with Crippen LogP contribution in [-0.2, 0) is 17.9 Å². The number of hydrogen-bond donors (Lipinski definition) is 1. The smallest absolute Gasteiger partial charge is 0.234 e. The Morgan fingerprint density at radius 1 is 1.17 bits per heavy atom. The van der Waals surface area contributed by atoms with Gasteiger partial charge in [0.25, 0.3) is 0 Å². The molecule has 1 amide bonds. The fourth-order valence-corrected chi connectivity index (χ4v) is 3.45. The predicted molar refractivity (Wildman–Crippen MR) is 112 cm³/mol. The van der Waals surface area contributed by atoms with E-state index >= 15 is 0 Å². The van der Waals surface area contributed by atoms with Crippen molar-refractivity contribution in [2.45, 2.75) is 39.1 Å². The van der Waals surface area contributed by atoms with Crippen LogP contribution in [0.1, 0.15) is 23.9 Å². The lowest BCUT2D eigenvalue weighted by Gasteiger charge is -2.09. The van der Waals surface area contributed by atoms with Gasteiger partial charge in [0.1, 0.15) is 18.2 Å². The number of hydrogen-bond acceptors (Lipinski definition) is 5. The molecule has 0 radical (unpaired) electrons. The average molecular weight is 415 g/mol. The van der Waals surface area contributed by atoms with E-state index in [9.17, 15) is 9.18 Å². The van der Waals surface area contributed by atoms with E-state index in [0.717, 1.165) is 5.75 Å². The van der Waals surface area contributed by atoms with Gasteiger partial charge in [-0.25, -0.2) is 4.39 Å². The second-order valence-corrected chi connectivity index (χ2v) is 7.49. The van der Waals surface area contributed by atoms with Gasteiger partial charge in [0, 0.05) is 12.2 Å². The first-order valence-corrected chi connectivity index (χ1v) is 10.2. The number of carbonyl (C=O) groups is 1. The molecule has 3 rings (SSSR count). The lowest BCUT2D eigenvalue weighted by Crippen LogP contribution is -2.15. The molecule has 6 nitrogen and oxygen atoms in total. The first kappa shape index (κ1) is 20.9. The van der Waals surface area contributed by atoms with Gasteiger partial charge in [0.2, 0.25) is 5.91 Å². The number of rotatable bonds is 8. The molecule has 1 heterocycles. The number of benzene rings is 2. The van der Waals surface area contributed by atoms with Gasteiger partial charge in [0.05, 0.1) is 5.75 Å². The zero-order valence-corrected chi connectivity index (χ0v) is 17.4. The van der Waals surface area contributed by atoms with E-state index < -0.39 is 0 Å². The van der Waals surface area contributed by atoms with E-state index in [4.69, 9.17) is 4.74 Å². The minimum atomic E-state index is -0.348. The maximum absolute atomic E-state index is 13.6. The standard InChI is InChI=1S/C21H23FN4O2S/c1-4-26-19(12-28-17-9-5-14(2)6-10-17)24-25-21(26)29-13-20(27)23-16-8-7-15(3)18(22)11-16/h5-11H,4,12-13H2,1-3H3,(H,23,27). The summed E-state index contributed by atoms with van der Waals surface area (Å²) in [5.74, 6) is 1.02. The van der Waals surface area contributed by atoms with Crippen molar-refractivity contribution in [3.63, 3.8) is 0 Å². The topological polar surface area (TPSA) is 69.0 Å². The molecule has 0 atom stereocenters. The van der Waals surface area contributed by atoms with Crippen molar-refractivity contribution in [2.24, 2.45) is 0 Å². The van der Waals surface area contributed by atoms with Gasteiger partial charge in [-0.3, -0.25) is 4.79 Å². The Kier molecular flexibility index (Phi) is 6.87. The van der Waals surface area contributed by atoms with Crippen LogP contribution in [0.2, 0.25) is 0 Å². The second-order valence-electron chi connectivity index (χ2n) is 6.55. The Morgan fingerprint density at radius 2 is 1.93 bits per heavy atom. The van der Waals surface area contributed by atoms with Crippen LogP contribution in [0, 0.1) is 19.7 Å². The molecule has 2 aromatic carbocycles. The first-order valence-electron chi connectivity index (χ1n) is 9.26. The van der Waals surface area contributed by atoms with Gasteiger partial charge >= 0.3 is 0 Å². The number of nitrogens with one attached hydrogen (secondary N) is 1. The van der Waals surface area contributed by atoms with Crippen molar-refractivity contribution in [3.05, 3.63) is 65.2 Å². The second kappa shape index (κ2) is 9.56. The van der Waals surface area contributed by atoms with Crippen LogP contribution < -0.4 is 10.1 Å². The predicted octanol–water partition coefficient (Wildman–Crippen LogP) is 4.36. The first-order chi connectivity index (χ1) is 14.0. The van der Waals surface area contributed by atoms with Gasteiger partial charge < -0.3 is 14.6 Å². The molecule has 0 saturated heterocycles. The lowest BCUT2D eigenvalue weighted by molar-refractivity contribution is -0.113.